The number of amides is 1. The topological polar surface area (TPSA) is 67.6 Å². The summed E-state index contributed by atoms with van der Waals surface area (Å²) in [5.41, 5.74) is 9.20. The fraction of sp³-hybridized carbons (Fsp3) is 0.381. The molecule has 1 heterocycles. The van der Waals surface area contributed by atoms with E-state index in [0.29, 0.717) is 17.8 Å². The third-order valence-corrected chi connectivity index (χ3v) is 5.04. The van der Waals surface area contributed by atoms with E-state index in [1.807, 2.05) is 31.2 Å². The van der Waals surface area contributed by atoms with E-state index in [0.717, 1.165) is 24.4 Å². The molecule has 5 nitrogen and oxygen atoms in total. The SMILES string of the molecule is COc1ccc(C(CNC(=O)c2cc(N)ccc2C)N2CCCC2)cc1.Cl.Cl. The third kappa shape index (κ3) is 5.77. The normalized spacial score (nSPS) is 14.5. The predicted octanol–water partition coefficient (Wildman–Crippen LogP) is 4.00. The first-order valence-corrected chi connectivity index (χ1v) is 9.11. The number of carbonyl (C=O) groups excluding carboxylic acids is 1. The van der Waals surface area contributed by atoms with Gasteiger partial charge in [0, 0.05) is 17.8 Å². The molecule has 3 N–H and O–H groups in total. The zero-order valence-electron chi connectivity index (χ0n) is 16.3. The van der Waals surface area contributed by atoms with E-state index < -0.39 is 0 Å². The summed E-state index contributed by atoms with van der Waals surface area (Å²) in [5.74, 6) is 0.765. The number of nitrogen functional groups attached to an aromatic ring is 1. The number of nitrogens with two attached hydrogens (primary N) is 1. The van der Waals surface area contributed by atoms with Gasteiger partial charge in [0.2, 0.25) is 0 Å². The van der Waals surface area contributed by atoms with Gasteiger partial charge < -0.3 is 15.8 Å². The molecular formula is C21H29Cl2N3O2. The van der Waals surface area contributed by atoms with Crippen LogP contribution >= 0.6 is 24.8 Å². The van der Waals surface area contributed by atoms with Crippen molar-refractivity contribution in [3.05, 3.63) is 59.2 Å². The molecule has 2 aromatic rings. The third-order valence-electron chi connectivity index (χ3n) is 5.04. The number of ether oxygens (including phenoxy) is 1. The maximum absolute atomic E-state index is 12.7. The summed E-state index contributed by atoms with van der Waals surface area (Å²) in [6.07, 6.45) is 2.41. The minimum atomic E-state index is -0.0764. The minimum absolute atomic E-state index is 0. The Labute approximate surface area is 179 Å². The summed E-state index contributed by atoms with van der Waals surface area (Å²) in [6, 6.07) is 13.7. The van der Waals surface area contributed by atoms with Gasteiger partial charge in [-0.3, -0.25) is 9.69 Å². The number of likely N-dealkylation sites (tertiary alicyclic amines) is 1. The maximum atomic E-state index is 12.7. The molecule has 0 spiro atoms. The summed E-state index contributed by atoms with van der Waals surface area (Å²) in [7, 11) is 1.67. The van der Waals surface area contributed by atoms with Crippen LogP contribution in [0.2, 0.25) is 0 Å². The average Bonchev–Trinajstić information content (AvgIpc) is 3.18. The first-order valence-electron chi connectivity index (χ1n) is 9.11. The molecule has 1 unspecified atom stereocenters. The van der Waals surface area contributed by atoms with Crippen LogP contribution in [-0.2, 0) is 0 Å². The lowest BCUT2D eigenvalue weighted by molar-refractivity contribution is 0.0937. The molecule has 1 aliphatic heterocycles. The van der Waals surface area contributed by atoms with Crippen LogP contribution in [0.4, 0.5) is 5.69 Å². The Hall–Kier alpha value is -1.95. The quantitative estimate of drug-likeness (QED) is 0.686. The summed E-state index contributed by atoms with van der Waals surface area (Å²) in [4.78, 5) is 15.1. The van der Waals surface area contributed by atoms with Crippen molar-refractivity contribution >= 4 is 36.4 Å². The fourth-order valence-electron chi connectivity index (χ4n) is 3.51. The summed E-state index contributed by atoms with van der Waals surface area (Å²) in [6.45, 7) is 4.61. The summed E-state index contributed by atoms with van der Waals surface area (Å²) < 4.78 is 5.26. The molecule has 0 aliphatic carbocycles. The van der Waals surface area contributed by atoms with Crippen molar-refractivity contribution in [1.82, 2.24) is 10.2 Å². The highest BCUT2D eigenvalue weighted by Crippen LogP contribution is 2.26. The zero-order chi connectivity index (χ0) is 18.5. The molecule has 0 radical (unpaired) electrons. The van der Waals surface area contributed by atoms with Crippen molar-refractivity contribution < 1.29 is 9.53 Å². The van der Waals surface area contributed by atoms with E-state index in [1.165, 1.54) is 18.4 Å². The van der Waals surface area contributed by atoms with Crippen molar-refractivity contribution in [2.24, 2.45) is 0 Å². The second-order valence-corrected chi connectivity index (χ2v) is 6.82. The van der Waals surface area contributed by atoms with E-state index in [2.05, 4.69) is 22.3 Å². The number of aryl methyl sites for hydroxylation is 1. The van der Waals surface area contributed by atoms with Gasteiger partial charge in [0.05, 0.1) is 13.2 Å². The van der Waals surface area contributed by atoms with Gasteiger partial charge in [-0.25, -0.2) is 0 Å². The second kappa shape index (κ2) is 11.1. The number of benzene rings is 2. The summed E-state index contributed by atoms with van der Waals surface area (Å²) >= 11 is 0. The van der Waals surface area contributed by atoms with Gasteiger partial charge in [-0.05, 0) is 68.2 Å². The van der Waals surface area contributed by atoms with Crippen molar-refractivity contribution in [2.45, 2.75) is 25.8 Å². The largest absolute Gasteiger partial charge is 0.497 e. The molecule has 7 heteroatoms. The number of nitrogens with one attached hydrogen (secondary N) is 1. The first-order chi connectivity index (χ1) is 12.6. The first kappa shape index (κ1) is 24.1. The van der Waals surface area contributed by atoms with E-state index in [9.17, 15) is 4.79 Å². The Balaban J connectivity index is 0.00000196. The lowest BCUT2D eigenvalue weighted by Crippen LogP contribution is -2.37. The molecule has 2 aromatic carbocycles. The number of hydrogen-bond acceptors (Lipinski definition) is 4. The molecule has 3 rings (SSSR count). The van der Waals surface area contributed by atoms with Crippen LogP contribution in [0.5, 0.6) is 5.75 Å². The van der Waals surface area contributed by atoms with Crippen LogP contribution in [0.1, 0.15) is 40.4 Å². The molecule has 1 amide bonds. The number of hydrogen-bond donors (Lipinski definition) is 2. The molecule has 0 aromatic heterocycles. The van der Waals surface area contributed by atoms with Gasteiger partial charge in [0.25, 0.3) is 5.91 Å². The molecule has 1 atom stereocenters. The smallest absolute Gasteiger partial charge is 0.251 e. The van der Waals surface area contributed by atoms with Crippen LogP contribution in [-0.4, -0.2) is 37.6 Å². The van der Waals surface area contributed by atoms with E-state index in [1.54, 1.807) is 13.2 Å². The molecule has 1 fully saturated rings. The zero-order valence-corrected chi connectivity index (χ0v) is 17.9. The van der Waals surface area contributed by atoms with Gasteiger partial charge in [0.1, 0.15) is 5.75 Å². The van der Waals surface area contributed by atoms with Crippen molar-refractivity contribution in [2.75, 3.05) is 32.5 Å². The molecule has 154 valence electrons. The Morgan fingerprint density at radius 1 is 1.14 bits per heavy atom. The fourth-order valence-corrected chi connectivity index (χ4v) is 3.51. The Bertz CT molecular complexity index is 763. The van der Waals surface area contributed by atoms with Crippen LogP contribution in [0, 0.1) is 6.92 Å². The second-order valence-electron chi connectivity index (χ2n) is 6.82. The number of nitrogens with zero attached hydrogens (tertiary/aromatic N) is 1. The minimum Gasteiger partial charge on any atom is -0.497 e. The number of rotatable bonds is 6. The molecule has 0 bridgehead atoms. The van der Waals surface area contributed by atoms with Gasteiger partial charge >= 0.3 is 0 Å². The average molecular weight is 426 g/mol. The highest BCUT2D eigenvalue weighted by atomic mass is 35.5. The number of methoxy groups -OCH3 is 1. The highest BCUT2D eigenvalue weighted by Gasteiger charge is 2.24. The standard InChI is InChI=1S/C21H27N3O2.2ClH/c1-15-5-8-17(22)13-19(15)21(25)23-14-20(24-11-3-4-12-24)16-6-9-18(26-2)10-7-16;;/h5-10,13,20H,3-4,11-12,14,22H2,1-2H3,(H,23,25);2*1H. The molecule has 1 saturated heterocycles. The lowest BCUT2D eigenvalue weighted by atomic mass is 10.0. The maximum Gasteiger partial charge on any atom is 0.251 e. The molecule has 1 aliphatic rings. The Morgan fingerprint density at radius 3 is 2.39 bits per heavy atom. The molecular weight excluding hydrogens is 397 g/mol. The molecule has 28 heavy (non-hydrogen) atoms. The van der Waals surface area contributed by atoms with Crippen LogP contribution < -0.4 is 15.8 Å². The number of halogens is 2. The monoisotopic (exact) mass is 425 g/mol. The van der Waals surface area contributed by atoms with Crippen molar-refractivity contribution in [1.29, 1.82) is 0 Å². The Morgan fingerprint density at radius 2 is 1.79 bits per heavy atom. The summed E-state index contributed by atoms with van der Waals surface area (Å²) in [5, 5.41) is 3.10. The molecule has 0 saturated carbocycles. The van der Waals surface area contributed by atoms with Crippen molar-refractivity contribution in [3.63, 3.8) is 0 Å². The van der Waals surface area contributed by atoms with E-state index in [-0.39, 0.29) is 36.8 Å². The number of carbonyl (C=O) groups is 1. The van der Waals surface area contributed by atoms with Crippen molar-refractivity contribution in [3.8, 4) is 5.75 Å². The van der Waals surface area contributed by atoms with Crippen LogP contribution in [0.3, 0.4) is 0 Å². The van der Waals surface area contributed by atoms with Gasteiger partial charge in [-0.15, -0.1) is 24.8 Å². The van der Waals surface area contributed by atoms with Gasteiger partial charge in [0.15, 0.2) is 0 Å². The van der Waals surface area contributed by atoms with Crippen LogP contribution in [0.25, 0.3) is 0 Å². The van der Waals surface area contributed by atoms with Crippen LogP contribution in [0.15, 0.2) is 42.5 Å². The van der Waals surface area contributed by atoms with E-state index >= 15 is 0 Å². The number of anilines is 1. The van der Waals surface area contributed by atoms with Gasteiger partial charge in [-0.1, -0.05) is 18.2 Å². The predicted molar refractivity (Wildman–Crippen MR) is 119 cm³/mol. The highest BCUT2D eigenvalue weighted by molar-refractivity contribution is 5.96. The lowest BCUT2D eigenvalue weighted by Gasteiger charge is -2.28. The van der Waals surface area contributed by atoms with E-state index in [4.69, 9.17) is 10.5 Å². The van der Waals surface area contributed by atoms with Gasteiger partial charge in [-0.2, -0.15) is 0 Å². The Kier molecular flexibility index (Phi) is 9.59.